The van der Waals surface area contributed by atoms with Crippen molar-refractivity contribution < 1.29 is 27.9 Å². The minimum atomic E-state index is -1.58. The smallest absolute Gasteiger partial charge is 0.340 e. The third kappa shape index (κ3) is 2.96. The lowest BCUT2D eigenvalue weighted by Gasteiger charge is -2.14. The van der Waals surface area contributed by atoms with Crippen LogP contribution in [0.25, 0.3) is 11.1 Å². The van der Waals surface area contributed by atoms with Gasteiger partial charge in [-0.05, 0) is 53.3 Å². The lowest BCUT2D eigenvalue weighted by Crippen LogP contribution is -2.11. The number of fused-ring (bicyclic) bond motifs is 1. The van der Waals surface area contributed by atoms with E-state index in [1.54, 1.807) is 25.1 Å². The van der Waals surface area contributed by atoms with Crippen molar-refractivity contribution in [2.24, 2.45) is 5.73 Å². The Balaban J connectivity index is 2.30. The molecule has 1 amide bonds. The molecule has 0 aliphatic rings. The summed E-state index contributed by atoms with van der Waals surface area (Å²) in [5.74, 6) is -6.39. The second-order valence-corrected chi connectivity index (χ2v) is 6.57. The Hall–Kier alpha value is -2.76. The van der Waals surface area contributed by atoms with Gasteiger partial charge in [0.05, 0.1) is 5.69 Å². The van der Waals surface area contributed by atoms with Gasteiger partial charge in [-0.2, -0.15) is 4.39 Å². The Morgan fingerprint density at radius 2 is 2.00 bits per heavy atom. The molecule has 7 nitrogen and oxygen atoms in total. The summed E-state index contributed by atoms with van der Waals surface area (Å²) in [4.78, 5) is 26.5. The summed E-state index contributed by atoms with van der Waals surface area (Å²) in [6.45, 7) is 1.72. The standard InChI is InChI=1S/C16H10F2IN3O4/c1-5-4-6(19)2-3-7(5)21-11-8(16(24)25)12-13(10(18)9(11)17)26-15(22-12)14(20)23/h2-4,21H,1H3,(H2,20,23)(H,24,25). The first-order chi connectivity index (χ1) is 12.2. The van der Waals surface area contributed by atoms with E-state index in [0.29, 0.717) is 11.3 Å². The maximum Gasteiger partial charge on any atom is 0.340 e. The van der Waals surface area contributed by atoms with Crippen molar-refractivity contribution in [1.82, 2.24) is 4.98 Å². The molecule has 0 radical (unpaired) electrons. The predicted octanol–water partition coefficient (Wildman–Crippen LogP) is 3.56. The molecule has 26 heavy (non-hydrogen) atoms. The zero-order valence-electron chi connectivity index (χ0n) is 13.1. The van der Waals surface area contributed by atoms with Gasteiger partial charge in [0.25, 0.3) is 5.89 Å². The van der Waals surface area contributed by atoms with E-state index in [1.807, 2.05) is 0 Å². The Labute approximate surface area is 158 Å². The zero-order chi connectivity index (χ0) is 19.2. The molecule has 0 atom stereocenters. The van der Waals surface area contributed by atoms with Crippen LogP contribution in [-0.4, -0.2) is 22.0 Å². The van der Waals surface area contributed by atoms with Crippen LogP contribution < -0.4 is 11.1 Å². The fourth-order valence-corrected chi connectivity index (χ4v) is 3.06. The SMILES string of the molecule is Cc1cc(I)ccc1Nc1c(F)c(F)c2oc(C(N)=O)nc2c1C(=O)O. The fraction of sp³-hybridized carbons (Fsp3) is 0.0625. The number of aromatic carboxylic acids is 1. The van der Waals surface area contributed by atoms with Gasteiger partial charge in [-0.15, -0.1) is 0 Å². The summed E-state index contributed by atoms with van der Waals surface area (Å²) >= 11 is 2.08. The van der Waals surface area contributed by atoms with Crippen molar-refractivity contribution in [2.75, 3.05) is 5.32 Å². The Morgan fingerprint density at radius 1 is 1.31 bits per heavy atom. The lowest BCUT2D eigenvalue weighted by atomic mass is 10.1. The van der Waals surface area contributed by atoms with Crippen LogP contribution in [0.3, 0.4) is 0 Å². The number of hydrogen-bond donors (Lipinski definition) is 3. The summed E-state index contributed by atoms with van der Waals surface area (Å²) in [6, 6.07) is 5.09. The number of aromatic nitrogens is 1. The summed E-state index contributed by atoms with van der Waals surface area (Å²) in [6.07, 6.45) is 0. The van der Waals surface area contributed by atoms with Crippen molar-refractivity contribution in [2.45, 2.75) is 6.92 Å². The van der Waals surface area contributed by atoms with E-state index < -0.39 is 51.8 Å². The van der Waals surface area contributed by atoms with E-state index >= 15 is 0 Å². The number of rotatable bonds is 4. The average molecular weight is 473 g/mol. The number of carbonyl (C=O) groups is 2. The number of anilines is 2. The second kappa shape index (κ2) is 6.52. The fourth-order valence-electron chi connectivity index (χ4n) is 2.41. The highest BCUT2D eigenvalue weighted by Gasteiger charge is 2.29. The molecule has 1 aromatic heterocycles. The summed E-state index contributed by atoms with van der Waals surface area (Å²) < 4.78 is 34.6. The van der Waals surface area contributed by atoms with E-state index in [2.05, 4.69) is 32.9 Å². The Kier molecular flexibility index (Phi) is 4.52. The van der Waals surface area contributed by atoms with Crippen LogP contribution in [0.4, 0.5) is 20.2 Å². The van der Waals surface area contributed by atoms with Crippen LogP contribution in [0.5, 0.6) is 0 Å². The molecule has 4 N–H and O–H groups in total. The first-order valence-corrected chi connectivity index (χ1v) is 8.16. The molecule has 0 aliphatic heterocycles. The highest BCUT2D eigenvalue weighted by atomic mass is 127. The van der Waals surface area contributed by atoms with Gasteiger partial charge >= 0.3 is 11.9 Å². The molecule has 3 rings (SSSR count). The van der Waals surface area contributed by atoms with Crippen molar-refractivity contribution in [3.05, 3.63) is 50.4 Å². The van der Waals surface area contributed by atoms with Gasteiger partial charge in [0, 0.05) is 9.26 Å². The third-order valence-electron chi connectivity index (χ3n) is 3.60. The minimum Gasteiger partial charge on any atom is -0.478 e. The number of nitrogens with zero attached hydrogens (tertiary/aromatic N) is 1. The number of hydrogen-bond acceptors (Lipinski definition) is 5. The van der Waals surface area contributed by atoms with E-state index in [9.17, 15) is 23.5 Å². The number of nitrogens with one attached hydrogen (secondary N) is 1. The van der Waals surface area contributed by atoms with E-state index in [1.165, 1.54) is 0 Å². The first kappa shape index (κ1) is 18.0. The number of oxazole rings is 1. The normalized spacial score (nSPS) is 10.9. The number of nitrogens with two attached hydrogens (primary N) is 1. The average Bonchev–Trinajstić information content (AvgIpc) is 2.99. The highest BCUT2D eigenvalue weighted by molar-refractivity contribution is 14.1. The number of carboxylic acid groups (broad SMARTS) is 1. The Bertz CT molecular complexity index is 1080. The lowest BCUT2D eigenvalue weighted by molar-refractivity contribution is 0.0699. The van der Waals surface area contributed by atoms with E-state index in [4.69, 9.17) is 10.2 Å². The van der Waals surface area contributed by atoms with Crippen LogP contribution >= 0.6 is 22.6 Å². The van der Waals surface area contributed by atoms with Crippen molar-refractivity contribution in [1.29, 1.82) is 0 Å². The molecular formula is C16H10F2IN3O4. The van der Waals surface area contributed by atoms with Crippen LogP contribution in [0.2, 0.25) is 0 Å². The first-order valence-electron chi connectivity index (χ1n) is 7.08. The van der Waals surface area contributed by atoms with Gasteiger partial charge in [0.2, 0.25) is 5.82 Å². The monoisotopic (exact) mass is 473 g/mol. The molecule has 0 unspecified atom stereocenters. The number of benzene rings is 2. The second-order valence-electron chi connectivity index (χ2n) is 5.33. The van der Waals surface area contributed by atoms with Gasteiger partial charge in [-0.1, -0.05) is 0 Å². The molecule has 134 valence electrons. The molecule has 1 heterocycles. The van der Waals surface area contributed by atoms with Crippen LogP contribution in [0.1, 0.15) is 26.6 Å². The summed E-state index contributed by atoms with van der Waals surface area (Å²) in [5, 5.41) is 12.1. The molecule has 0 fully saturated rings. The molecule has 2 aromatic carbocycles. The van der Waals surface area contributed by atoms with E-state index in [-0.39, 0.29) is 0 Å². The van der Waals surface area contributed by atoms with Crippen LogP contribution in [-0.2, 0) is 0 Å². The molecule has 0 saturated heterocycles. The molecule has 10 heteroatoms. The largest absolute Gasteiger partial charge is 0.478 e. The van der Waals surface area contributed by atoms with Gasteiger partial charge in [0.15, 0.2) is 11.4 Å². The van der Waals surface area contributed by atoms with Crippen molar-refractivity contribution in [3.63, 3.8) is 0 Å². The summed E-state index contributed by atoms with van der Waals surface area (Å²) in [5.41, 5.74) is 3.47. The number of halogens is 3. The van der Waals surface area contributed by atoms with Crippen molar-refractivity contribution >= 4 is 56.9 Å². The van der Waals surface area contributed by atoms with Crippen LogP contribution in [0.15, 0.2) is 22.6 Å². The number of carbonyl (C=O) groups excluding carboxylic acids is 1. The summed E-state index contributed by atoms with van der Waals surface area (Å²) in [7, 11) is 0. The molecule has 0 aliphatic carbocycles. The number of primary amides is 1. The quantitative estimate of drug-likeness (QED) is 0.499. The van der Waals surface area contributed by atoms with Gasteiger partial charge in [-0.25, -0.2) is 14.2 Å². The highest BCUT2D eigenvalue weighted by Crippen LogP contribution is 2.35. The van der Waals surface area contributed by atoms with Crippen LogP contribution in [0, 0.1) is 22.1 Å². The third-order valence-corrected chi connectivity index (χ3v) is 4.27. The number of aryl methyl sites for hydroxylation is 1. The van der Waals surface area contributed by atoms with Gasteiger partial charge < -0.3 is 20.6 Å². The molecule has 3 aromatic rings. The van der Waals surface area contributed by atoms with Gasteiger partial charge in [-0.3, -0.25) is 4.79 Å². The van der Waals surface area contributed by atoms with Crippen molar-refractivity contribution in [3.8, 4) is 0 Å². The Morgan fingerprint density at radius 3 is 2.58 bits per heavy atom. The minimum absolute atomic E-state index is 0.379. The van der Waals surface area contributed by atoms with E-state index in [0.717, 1.165) is 3.57 Å². The predicted molar refractivity (Wildman–Crippen MR) is 96.6 cm³/mol. The topological polar surface area (TPSA) is 118 Å². The maximum atomic E-state index is 14.6. The van der Waals surface area contributed by atoms with Gasteiger partial charge in [0.1, 0.15) is 11.1 Å². The molecule has 0 bridgehead atoms. The number of carboxylic acids is 1. The molecule has 0 spiro atoms. The molecule has 0 saturated carbocycles. The molecular weight excluding hydrogens is 463 g/mol. The zero-order valence-corrected chi connectivity index (χ0v) is 15.2. The maximum absolute atomic E-state index is 14.6. The number of amides is 1.